The molecule has 0 aromatic heterocycles. The number of nitrogens with zero attached hydrogens (tertiary/aromatic N) is 1. The van der Waals surface area contributed by atoms with Crippen LogP contribution in [0.3, 0.4) is 0 Å². The fourth-order valence-corrected chi connectivity index (χ4v) is 2.23. The summed E-state index contributed by atoms with van der Waals surface area (Å²) >= 11 is 0. The van der Waals surface area contributed by atoms with Crippen LogP contribution in [-0.4, -0.2) is 43.8 Å². The fraction of sp³-hybridized carbons (Fsp3) is 1.00. The smallest absolute Gasteiger partial charge is 0.319 e. The summed E-state index contributed by atoms with van der Waals surface area (Å²) in [6, 6.07) is 0.115. The Labute approximate surface area is 88.8 Å². The molecule has 90 valence electrons. The fourth-order valence-electron chi connectivity index (χ4n) is 2.23. The molecule has 0 amide bonds. The van der Waals surface area contributed by atoms with E-state index in [9.17, 15) is 13.2 Å². The van der Waals surface area contributed by atoms with Crippen LogP contribution in [0.2, 0.25) is 0 Å². The average Bonchev–Trinajstić information content (AvgIpc) is 2.09. The zero-order valence-corrected chi connectivity index (χ0v) is 9.27. The Kier molecular flexibility index (Phi) is 4.40. The van der Waals surface area contributed by atoms with E-state index in [1.165, 1.54) is 0 Å². The average molecular weight is 224 g/mol. The van der Waals surface area contributed by atoms with Crippen LogP contribution in [0.5, 0.6) is 0 Å². The van der Waals surface area contributed by atoms with Crippen LogP contribution in [0, 0.1) is 5.92 Å². The molecule has 2 nitrogen and oxygen atoms in total. The van der Waals surface area contributed by atoms with Gasteiger partial charge in [-0.2, -0.15) is 13.2 Å². The van der Waals surface area contributed by atoms with Gasteiger partial charge in [0.05, 0.1) is 6.54 Å². The molecule has 1 aliphatic rings. The molecule has 0 bridgehead atoms. The van der Waals surface area contributed by atoms with Crippen molar-refractivity contribution in [3.8, 4) is 0 Å². The molecular formula is C10H19F3N2. The second-order valence-corrected chi connectivity index (χ2v) is 4.14. The molecule has 0 saturated heterocycles. The van der Waals surface area contributed by atoms with Crippen LogP contribution in [0.15, 0.2) is 0 Å². The van der Waals surface area contributed by atoms with Crippen molar-refractivity contribution < 1.29 is 13.2 Å². The molecular weight excluding hydrogens is 205 g/mol. The van der Waals surface area contributed by atoms with Crippen LogP contribution in [0.25, 0.3) is 0 Å². The first-order valence-corrected chi connectivity index (χ1v) is 5.43. The molecule has 2 unspecified atom stereocenters. The summed E-state index contributed by atoms with van der Waals surface area (Å²) in [6.45, 7) is 2.32. The van der Waals surface area contributed by atoms with E-state index in [1.54, 1.807) is 11.8 Å². The zero-order valence-electron chi connectivity index (χ0n) is 9.27. The maximum atomic E-state index is 12.3. The Morgan fingerprint density at radius 1 is 1.33 bits per heavy atom. The summed E-state index contributed by atoms with van der Waals surface area (Å²) in [5, 5.41) is 3.03. The minimum Gasteiger partial charge on any atom is -0.319 e. The van der Waals surface area contributed by atoms with Crippen molar-refractivity contribution >= 4 is 0 Å². The van der Waals surface area contributed by atoms with Crippen LogP contribution < -0.4 is 5.32 Å². The van der Waals surface area contributed by atoms with E-state index in [0.29, 0.717) is 12.5 Å². The molecule has 5 heteroatoms. The Bertz CT molecular complexity index is 194. The molecule has 0 radical (unpaired) electrons. The maximum absolute atomic E-state index is 12.3. The lowest BCUT2D eigenvalue weighted by atomic mass is 9.78. The summed E-state index contributed by atoms with van der Waals surface area (Å²) in [6.07, 6.45) is -2.13. The van der Waals surface area contributed by atoms with Crippen molar-refractivity contribution in [1.29, 1.82) is 0 Å². The highest BCUT2D eigenvalue weighted by molar-refractivity contribution is 4.90. The van der Waals surface area contributed by atoms with E-state index in [0.717, 1.165) is 19.4 Å². The third kappa shape index (κ3) is 3.65. The van der Waals surface area contributed by atoms with Crippen molar-refractivity contribution in [2.45, 2.75) is 32.0 Å². The van der Waals surface area contributed by atoms with Crippen LogP contribution in [0.4, 0.5) is 13.2 Å². The van der Waals surface area contributed by atoms with Gasteiger partial charge >= 0.3 is 6.18 Å². The van der Waals surface area contributed by atoms with Gasteiger partial charge in [0.2, 0.25) is 0 Å². The minimum absolute atomic E-state index is 0.115. The summed E-state index contributed by atoms with van der Waals surface area (Å²) in [5.74, 6) is 0.386. The molecule has 15 heavy (non-hydrogen) atoms. The number of hydrogen-bond acceptors (Lipinski definition) is 2. The largest absolute Gasteiger partial charge is 0.401 e. The van der Waals surface area contributed by atoms with Gasteiger partial charge in [-0.1, -0.05) is 6.92 Å². The predicted molar refractivity (Wildman–Crippen MR) is 53.7 cm³/mol. The van der Waals surface area contributed by atoms with Crippen molar-refractivity contribution in [1.82, 2.24) is 10.2 Å². The third-order valence-electron chi connectivity index (χ3n) is 3.10. The molecule has 1 N–H and O–H groups in total. The van der Waals surface area contributed by atoms with Gasteiger partial charge in [-0.3, -0.25) is 4.90 Å². The SMILES string of the molecule is CCN(CC(F)(F)F)C1CCC1CNC. The first kappa shape index (κ1) is 12.8. The van der Waals surface area contributed by atoms with Crippen molar-refractivity contribution in [3.63, 3.8) is 0 Å². The minimum atomic E-state index is -4.07. The molecule has 0 spiro atoms. The first-order valence-electron chi connectivity index (χ1n) is 5.43. The molecule has 0 heterocycles. The van der Waals surface area contributed by atoms with Gasteiger partial charge in [0.25, 0.3) is 0 Å². The lowest BCUT2D eigenvalue weighted by molar-refractivity contribution is -0.157. The Hall–Kier alpha value is -0.290. The van der Waals surface area contributed by atoms with Crippen molar-refractivity contribution in [3.05, 3.63) is 0 Å². The summed E-state index contributed by atoms with van der Waals surface area (Å²) in [7, 11) is 1.84. The third-order valence-corrected chi connectivity index (χ3v) is 3.10. The molecule has 1 saturated carbocycles. The van der Waals surface area contributed by atoms with Gasteiger partial charge in [-0.05, 0) is 38.9 Å². The predicted octanol–water partition coefficient (Wildman–Crippen LogP) is 1.87. The summed E-state index contributed by atoms with van der Waals surface area (Å²) in [4.78, 5) is 1.55. The molecule has 0 aromatic carbocycles. The number of alkyl halides is 3. The highest BCUT2D eigenvalue weighted by atomic mass is 19.4. The van der Waals surface area contributed by atoms with Gasteiger partial charge in [0, 0.05) is 6.04 Å². The number of halogens is 3. The van der Waals surface area contributed by atoms with Crippen molar-refractivity contribution in [2.75, 3.05) is 26.7 Å². The summed E-state index contributed by atoms with van der Waals surface area (Å²) in [5.41, 5.74) is 0. The van der Waals surface area contributed by atoms with Crippen molar-refractivity contribution in [2.24, 2.45) is 5.92 Å². The topological polar surface area (TPSA) is 15.3 Å². The van der Waals surface area contributed by atoms with E-state index >= 15 is 0 Å². The van der Waals surface area contributed by atoms with E-state index in [-0.39, 0.29) is 6.04 Å². The van der Waals surface area contributed by atoms with Crippen LogP contribution in [-0.2, 0) is 0 Å². The molecule has 0 aliphatic heterocycles. The molecule has 1 rings (SSSR count). The van der Waals surface area contributed by atoms with Gasteiger partial charge in [0.15, 0.2) is 0 Å². The number of rotatable bonds is 5. The monoisotopic (exact) mass is 224 g/mol. The number of nitrogens with one attached hydrogen (secondary N) is 1. The van der Waals surface area contributed by atoms with E-state index in [1.807, 2.05) is 7.05 Å². The van der Waals surface area contributed by atoms with Gasteiger partial charge in [-0.15, -0.1) is 0 Å². The highest BCUT2D eigenvalue weighted by Gasteiger charge is 2.39. The second kappa shape index (κ2) is 5.16. The maximum Gasteiger partial charge on any atom is 0.401 e. The lowest BCUT2D eigenvalue weighted by Crippen LogP contribution is -2.52. The Morgan fingerprint density at radius 3 is 2.33 bits per heavy atom. The summed E-state index contributed by atoms with van der Waals surface area (Å²) < 4.78 is 36.8. The first-order chi connectivity index (χ1) is 6.98. The quantitative estimate of drug-likeness (QED) is 0.767. The molecule has 1 fully saturated rings. The number of hydrogen-bond donors (Lipinski definition) is 1. The lowest BCUT2D eigenvalue weighted by Gasteiger charge is -2.44. The Morgan fingerprint density at radius 2 is 2.00 bits per heavy atom. The highest BCUT2D eigenvalue weighted by Crippen LogP contribution is 2.33. The van der Waals surface area contributed by atoms with Crippen LogP contribution >= 0.6 is 0 Å². The standard InChI is InChI=1S/C10H19F3N2/c1-3-15(7-10(11,12)13)9-5-4-8(9)6-14-2/h8-9,14H,3-7H2,1-2H3. The van der Waals surface area contributed by atoms with Gasteiger partial charge in [-0.25, -0.2) is 0 Å². The van der Waals surface area contributed by atoms with E-state index < -0.39 is 12.7 Å². The van der Waals surface area contributed by atoms with Gasteiger partial charge in [0.1, 0.15) is 0 Å². The second-order valence-electron chi connectivity index (χ2n) is 4.14. The van der Waals surface area contributed by atoms with Crippen LogP contribution in [0.1, 0.15) is 19.8 Å². The van der Waals surface area contributed by atoms with E-state index in [2.05, 4.69) is 5.32 Å². The molecule has 0 aromatic rings. The molecule has 1 aliphatic carbocycles. The Balaban J connectivity index is 2.44. The molecule has 2 atom stereocenters. The normalized spacial score (nSPS) is 26.8. The zero-order chi connectivity index (χ0) is 11.5. The van der Waals surface area contributed by atoms with Gasteiger partial charge < -0.3 is 5.32 Å². The van der Waals surface area contributed by atoms with E-state index in [4.69, 9.17) is 0 Å².